The van der Waals surface area contributed by atoms with Crippen LogP contribution in [0.2, 0.25) is 0 Å². The van der Waals surface area contributed by atoms with E-state index in [4.69, 9.17) is 4.74 Å². The summed E-state index contributed by atoms with van der Waals surface area (Å²) in [5, 5.41) is 3.10. The summed E-state index contributed by atoms with van der Waals surface area (Å²) in [7, 11) is 0. The third-order valence-corrected chi connectivity index (χ3v) is 8.22. The zero-order valence-corrected chi connectivity index (χ0v) is 23.5. The van der Waals surface area contributed by atoms with Gasteiger partial charge in [0.2, 0.25) is 0 Å². The fourth-order valence-electron chi connectivity index (χ4n) is 5.90. The molecule has 1 atom stereocenters. The number of hydrogen-bond acceptors (Lipinski definition) is 4. The highest BCUT2D eigenvalue weighted by molar-refractivity contribution is 5.94. The molecule has 0 spiro atoms. The smallest absolute Gasteiger partial charge is 0.416 e. The molecule has 5 nitrogen and oxygen atoms in total. The average Bonchev–Trinajstić information content (AvgIpc) is 3.44. The van der Waals surface area contributed by atoms with E-state index in [9.17, 15) is 18.0 Å². The van der Waals surface area contributed by atoms with Crippen LogP contribution < -0.4 is 10.1 Å². The van der Waals surface area contributed by atoms with Gasteiger partial charge in [-0.25, -0.2) is 0 Å². The van der Waals surface area contributed by atoms with Crippen molar-refractivity contribution in [2.75, 3.05) is 32.7 Å². The third kappa shape index (κ3) is 7.68. The van der Waals surface area contributed by atoms with Crippen LogP contribution in [-0.2, 0) is 12.7 Å². The monoisotopic (exact) mass is 565 g/mol. The Kier molecular flexibility index (Phi) is 9.30. The highest BCUT2D eigenvalue weighted by atomic mass is 19.4. The van der Waals surface area contributed by atoms with Crippen molar-refractivity contribution in [3.05, 3.63) is 89.5 Å². The van der Waals surface area contributed by atoms with Crippen molar-refractivity contribution < 1.29 is 22.7 Å². The van der Waals surface area contributed by atoms with Crippen LogP contribution in [0.1, 0.15) is 54.1 Å². The molecular weight excluding hydrogens is 527 g/mol. The summed E-state index contributed by atoms with van der Waals surface area (Å²) < 4.78 is 45.0. The number of alkyl halides is 3. The number of amides is 1. The molecule has 1 amide bonds. The first-order chi connectivity index (χ1) is 19.8. The SMILES string of the molecule is CCN1CCC[C@@H]1CNC(=O)c1cccc(OC2CCN(Cc3cccc(-c4ccc(C(F)(F)F)cc4)c3)CC2)c1. The van der Waals surface area contributed by atoms with Gasteiger partial charge in [0, 0.05) is 37.8 Å². The highest BCUT2D eigenvalue weighted by Crippen LogP contribution is 2.31. The number of nitrogens with one attached hydrogen (secondary N) is 1. The second kappa shape index (κ2) is 13.1. The van der Waals surface area contributed by atoms with Crippen molar-refractivity contribution in [1.82, 2.24) is 15.1 Å². The van der Waals surface area contributed by atoms with Crippen molar-refractivity contribution in [1.29, 1.82) is 0 Å². The number of carbonyl (C=O) groups excluding carboxylic acids is 1. The van der Waals surface area contributed by atoms with Crippen LogP contribution in [0.15, 0.2) is 72.8 Å². The van der Waals surface area contributed by atoms with Crippen LogP contribution in [0.4, 0.5) is 13.2 Å². The Morgan fingerprint density at radius 2 is 1.68 bits per heavy atom. The Morgan fingerprint density at radius 1 is 0.927 bits per heavy atom. The summed E-state index contributed by atoms with van der Waals surface area (Å²) in [6.45, 7) is 7.48. The molecule has 3 aromatic carbocycles. The summed E-state index contributed by atoms with van der Waals surface area (Å²) in [6, 6.07) is 21.2. The van der Waals surface area contributed by atoms with Gasteiger partial charge in [0.05, 0.1) is 5.56 Å². The molecule has 2 fully saturated rings. The Balaban J connectivity index is 1.10. The van der Waals surface area contributed by atoms with E-state index >= 15 is 0 Å². The molecule has 0 aromatic heterocycles. The number of nitrogens with zero attached hydrogens (tertiary/aromatic N) is 2. The average molecular weight is 566 g/mol. The molecular formula is C33H38F3N3O2. The topological polar surface area (TPSA) is 44.8 Å². The van der Waals surface area contributed by atoms with E-state index in [-0.39, 0.29) is 12.0 Å². The second-order valence-electron chi connectivity index (χ2n) is 11.0. The standard InChI is InChI=1S/C33H38F3N3O2/c1-2-39-17-5-9-29(39)22-37-32(40)27-8-4-10-31(21-27)41-30-15-18-38(19-16-30)23-24-6-3-7-26(20-24)25-11-13-28(14-12-25)33(34,35)36/h3-4,6-8,10-14,20-21,29-30H,2,5,9,15-19,22-23H2,1H3,(H,37,40)/t29-/m1/s1. The number of ether oxygens (including phenoxy) is 1. The summed E-state index contributed by atoms with van der Waals surface area (Å²) >= 11 is 0. The van der Waals surface area contributed by atoms with Crippen molar-refractivity contribution >= 4 is 5.91 Å². The van der Waals surface area contributed by atoms with E-state index in [0.29, 0.717) is 18.2 Å². The maximum atomic E-state index is 12.9. The molecule has 3 aromatic rings. The fourth-order valence-corrected chi connectivity index (χ4v) is 5.90. The number of likely N-dealkylation sites (tertiary alicyclic amines) is 2. The van der Waals surface area contributed by atoms with Gasteiger partial charge in [0.1, 0.15) is 11.9 Å². The normalized spacial score (nSPS) is 18.9. The Hall–Kier alpha value is -3.36. The summed E-state index contributed by atoms with van der Waals surface area (Å²) in [6.07, 6.45) is -0.182. The highest BCUT2D eigenvalue weighted by Gasteiger charge is 2.30. The van der Waals surface area contributed by atoms with Gasteiger partial charge in [-0.2, -0.15) is 13.2 Å². The van der Waals surface area contributed by atoms with Gasteiger partial charge < -0.3 is 10.1 Å². The quantitative estimate of drug-likeness (QED) is 0.316. The van der Waals surface area contributed by atoms with Crippen LogP contribution in [0.3, 0.4) is 0 Å². The number of piperidine rings is 1. The molecule has 2 aliphatic heterocycles. The molecule has 41 heavy (non-hydrogen) atoms. The molecule has 2 aliphatic rings. The number of halogens is 3. The lowest BCUT2D eigenvalue weighted by Gasteiger charge is -2.32. The minimum absolute atomic E-state index is 0.0632. The molecule has 8 heteroatoms. The lowest BCUT2D eigenvalue weighted by Crippen LogP contribution is -2.40. The number of benzene rings is 3. The molecule has 218 valence electrons. The van der Waals surface area contributed by atoms with E-state index in [1.54, 1.807) is 0 Å². The molecule has 2 heterocycles. The van der Waals surface area contributed by atoms with Gasteiger partial charge in [-0.3, -0.25) is 14.6 Å². The first kappa shape index (κ1) is 29.1. The van der Waals surface area contributed by atoms with Crippen molar-refractivity contribution in [2.24, 2.45) is 0 Å². The van der Waals surface area contributed by atoms with Crippen LogP contribution in [0.5, 0.6) is 5.75 Å². The predicted octanol–water partition coefficient (Wildman–Crippen LogP) is 6.63. The Bertz CT molecular complexity index is 1300. The molecule has 1 N–H and O–H groups in total. The third-order valence-electron chi connectivity index (χ3n) is 8.22. The van der Waals surface area contributed by atoms with Gasteiger partial charge in [0.15, 0.2) is 0 Å². The van der Waals surface area contributed by atoms with Crippen LogP contribution in [0.25, 0.3) is 11.1 Å². The molecule has 0 bridgehead atoms. The lowest BCUT2D eigenvalue weighted by molar-refractivity contribution is -0.137. The van der Waals surface area contributed by atoms with E-state index in [1.807, 2.05) is 42.5 Å². The second-order valence-corrected chi connectivity index (χ2v) is 11.0. The first-order valence-electron chi connectivity index (χ1n) is 14.6. The first-order valence-corrected chi connectivity index (χ1v) is 14.6. The van der Waals surface area contributed by atoms with E-state index in [1.165, 1.54) is 18.6 Å². The number of carbonyl (C=O) groups is 1. The Labute approximate surface area is 240 Å². The van der Waals surface area contributed by atoms with Gasteiger partial charge >= 0.3 is 6.18 Å². The lowest BCUT2D eigenvalue weighted by atomic mass is 10.0. The van der Waals surface area contributed by atoms with Gasteiger partial charge in [-0.05, 0) is 91.9 Å². The molecule has 0 unspecified atom stereocenters. The van der Waals surface area contributed by atoms with E-state index in [2.05, 4.69) is 28.1 Å². The van der Waals surface area contributed by atoms with Crippen molar-refractivity contribution in [2.45, 2.75) is 57.5 Å². The predicted molar refractivity (Wildman–Crippen MR) is 155 cm³/mol. The summed E-state index contributed by atoms with van der Waals surface area (Å²) in [4.78, 5) is 17.6. The zero-order valence-electron chi connectivity index (χ0n) is 23.5. The number of likely N-dealkylation sites (N-methyl/N-ethyl adjacent to an activating group) is 1. The summed E-state index contributed by atoms with van der Waals surface area (Å²) in [5.74, 6) is 0.656. The van der Waals surface area contributed by atoms with Gasteiger partial charge in [-0.15, -0.1) is 0 Å². The summed E-state index contributed by atoms with van der Waals surface area (Å²) in [5.41, 5.74) is 2.78. The van der Waals surface area contributed by atoms with Crippen LogP contribution >= 0.6 is 0 Å². The number of rotatable bonds is 9. The maximum Gasteiger partial charge on any atom is 0.416 e. The Morgan fingerprint density at radius 3 is 2.41 bits per heavy atom. The maximum absolute atomic E-state index is 12.9. The molecule has 5 rings (SSSR count). The minimum Gasteiger partial charge on any atom is -0.490 e. The van der Waals surface area contributed by atoms with Crippen LogP contribution in [0, 0.1) is 0 Å². The van der Waals surface area contributed by atoms with Crippen molar-refractivity contribution in [3.63, 3.8) is 0 Å². The zero-order chi connectivity index (χ0) is 28.8. The van der Waals surface area contributed by atoms with Crippen molar-refractivity contribution in [3.8, 4) is 16.9 Å². The largest absolute Gasteiger partial charge is 0.490 e. The molecule has 2 saturated heterocycles. The molecule has 0 saturated carbocycles. The van der Waals surface area contributed by atoms with E-state index in [0.717, 1.165) is 86.6 Å². The molecule has 0 aliphatic carbocycles. The molecule has 0 radical (unpaired) electrons. The van der Waals surface area contributed by atoms with Crippen LogP contribution in [-0.4, -0.2) is 60.6 Å². The van der Waals surface area contributed by atoms with Gasteiger partial charge in [-0.1, -0.05) is 43.3 Å². The van der Waals surface area contributed by atoms with Gasteiger partial charge in [0.25, 0.3) is 5.91 Å². The van der Waals surface area contributed by atoms with E-state index < -0.39 is 11.7 Å². The fraction of sp³-hybridized carbons (Fsp3) is 0.424. The minimum atomic E-state index is -4.33. The number of hydrogen-bond donors (Lipinski definition) is 1.